The van der Waals surface area contributed by atoms with Crippen LogP contribution in [0.5, 0.6) is 0 Å². The second kappa shape index (κ2) is 9.26. The molecule has 0 unspecified atom stereocenters. The van der Waals surface area contributed by atoms with Crippen molar-refractivity contribution >= 4 is 17.6 Å². The Morgan fingerprint density at radius 3 is 2.12 bits per heavy atom. The van der Waals surface area contributed by atoms with Crippen LogP contribution in [0.1, 0.15) is 25.8 Å². The molecule has 1 aromatic rings. The van der Waals surface area contributed by atoms with Crippen molar-refractivity contribution in [2.24, 2.45) is 5.92 Å². The van der Waals surface area contributed by atoms with E-state index < -0.39 is 29.8 Å². The first-order valence-corrected chi connectivity index (χ1v) is 11.2. The van der Waals surface area contributed by atoms with E-state index in [1.165, 1.54) is 26.4 Å². The molecule has 0 aliphatic rings. The van der Waals surface area contributed by atoms with Gasteiger partial charge in [0, 0.05) is 20.3 Å². The molecule has 2 N–H and O–H groups in total. The molecule has 0 saturated carbocycles. The minimum atomic E-state index is -3.82. The summed E-state index contributed by atoms with van der Waals surface area (Å²) in [4.78, 5) is 0.112. The Bertz CT molecular complexity index is 681. The van der Waals surface area contributed by atoms with Gasteiger partial charge in [-0.15, -0.1) is 0 Å². The van der Waals surface area contributed by atoms with Gasteiger partial charge in [0.15, 0.2) is 0 Å². The van der Waals surface area contributed by atoms with Crippen LogP contribution in [0.4, 0.5) is 0 Å². The largest absolute Gasteiger partial charge is 0.391 e. The Kier molecular flexibility index (Phi) is 8.25. The molecule has 0 aliphatic heterocycles. The zero-order valence-corrected chi connectivity index (χ0v) is 17.0. The van der Waals surface area contributed by atoms with Gasteiger partial charge in [0.2, 0.25) is 10.0 Å². The predicted molar refractivity (Wildman–Crippen MR) is 97.2 cm³/mol. The molecule has 2 atom stereocenters. The van der Waals surface area contributed by atoms with E-state index >= 15 is 0 Å². The van der Waals surface area contributed by atoms with E-state index in [9.17, 15) is 18.1 Å². The normalized spacial score (nSPS) is 15.3. The molecular weight excluding hydrogens is 365 g/mol. The van der Waals surface area contributed by atoms with Crippen molar-refractivity contribution in [3.05, 3.63) is 29.8 Å². The number of hydrogen-bond donors (Lipinski definition) is 2. The van der Waals surface area contributed by atoms with E-state index in [4.69, 9.17) is 9.05 Å². The van der Waals surface area contributed by atoms with Crippen LogP contribution in [0.3, 0.4) is 0 Å². The smallest absolute Gasteiger partial charge is 0.332 e. The highest BCUT2D eigenvalue weighted by atomic mass is 32.2. The van der Waals surface area contributed by atoms with Gasteiger partial charge in [0.05, 0.1) is 17.2 Å². The number of aliphatic hydroxyl groups is 1. The monoisotopic (exact) mass is 393 g/mol. The number of nitrogens with one attached hydrogen (secondary N) is 1. The van der Waals surface area contributed by atoms with E-state index in [2.05, 4.69) is 4.72 Å². The fraction of sp³-hybridized carbons (Fsp3) is 0.625. The summed E-state index contributed by atoms with van der Waals surface area (Å²) in [5, 5.41) is 10.5. The van der Waals surface area contributed by atoms with Gasteiger partial charge in [-0.25, -0.2) is 13.1 Å². The maximum Gasteiger partial charge on any atom is 0.332 e. The van der Waals surface area contributed by atoms with Crippen LogP contribution in [0, 0.1) is 12.8 Å². The molecule has 0 aliphatic carbocycles. The lowest BCUT2D eigenvalue weighted by Gasteiger charge is -2.27. The summed E-state index contributed by atoms with van der Waals surface area (Å²) < 4.78 is 49.6. The number of hydrogen-bond acceptors (Lipinski definition) is 6. The quantitative estimate of drug-likeness (QED) is 0.592. The van der Waals surface area contributed by atoms with E-state index in [0.717, 1.165) is 5.56 Å². The first-order valence-electron chi connectivity index (χ1n) is 8.00. The maximum absolute atomic E-state index is 12.6. The standard InChI is InChI=1S/C16H28NO6PS/c1-12(2)10-15(16(18)11-24(19,22-4)23-5)17-25(20,21)14-8-6-13(3)7-9-14/h6-9,12,15-18H,10-11H2,1-5H3/t15-,16-/m0/s1. The summed E-state index contributed by atoms with van der Waals surface area (Å²) in [6, 6.07) is 5.60. The van der Waals surface area contributed by atoms with Crippen molar-refractivity contribution in [1.29, 1.82) is 0 Å². The molecule has 0 heterocycles. The summed E-state index contributed by atoms with van der Waals surface area (Å²) in [5.74, 6) is 0.116. The van der Waals surface area contributed by atoms with Crippen molar-refractivity contribution in [2.75, 3.05) is 20.4 Å². The number of rotatable bonds is 10. The lowest BCUT2D eigenvalue weighted by atomic mass is 10.0. The highest BCUT2D eigenvalue weighted by Crippen LogP contribution is 2.47. The molecule has 0 aromatic heterocycles. The minimum Gasteiger partial charge on any atom is -0.391 e. The molecule has 0 amide bonds. The highest BCUT2D eigenvalue weighted by molar-refractivity contribution is 7.89. The molecule has 25 heavy (non-hydrogen) atoms. The lowest BCUT2D eigenvalue weighted by Crippen LogP contribution is -2.45. The van der Waals surface area contributed by atoms with Gasteiger partial charge in [-0.3, -0.25) is 4.57 Å². The van der Waals surface area contributed by atoms with Crippen LogP contribution in [-0.4, -0.2) is 46.1 Å². The molecule has 9 heteroatoms. The van der Waals surface area contributed by atoms with Crippen LogP contribution < -0.4 is 4.72 Å². The first-order chi connectivity index (χ1) is 11.5. The van der Waals surface area contributed by atoms with Gasteiger partial charge >= 0.3 is 7.60 Å². The Morgan fingerprint density at radius 1 is 1.16 bits per heavy atom. The van der Waals surface area contributed by atoms with Crippen molar-refractivity contribution < 1.29 is 27.1 Å². The molecule has 144 valence electrons. The van der Waals surface area contributed by atoms with Gasteiger partial charge in [-0.1, -0.05) is 31.5 Å². The highest BCUT2D eigenvalue weighted by Gasteiger charge is 2.33. The molecule has 0 bridgehead atoms. The molecule has 0 spiro atoms. The van der Waals surface area contributed by atoms with Crippen LogP contribution in [0.2, 0.25) is 0 Å². The average molecular weight is 393 g/mol. The Hall–Kier alpha value is -0.760. The van der Waals surface area contributed by atoms with Gasteiger partial charge < -0.3 is 14.2 Å². The third-order valence-corrected chi connectivity index (χ3v) is 7.23. The Labute approximate surface area is 150 Å². The van der Waals surface area contributed by atoms with E-state index in [1.54, 1.807) is 12.1 Å². The number of aryl methyl sites for hydroxylation is 1. The van der Waals surface area contributed by atoms with Gasteiger partial charge in [-0.05, 0) is 31.4 Å². The molecular formula is C16H28NO6PS. The first kappa shape index (κ1) is 22.3. The van der Waals surface area contributed by atoms with Crippen molar-refractivity contribution in [1.82, 2.24) is 4.72 Å². The predicted octanol–water partition coefficient (Wildman–Crippen LogP) is 2.53. The zero-order chi connectivity index (χ0) is 19.3. The number of benzene rings is 1. The zero-order valence-electron chi connectivity index (χ0n) is 15.3. The van der Waals surface area contributed by atoms with Crippen molar-refractivity contribution in [2.45, 2.75) is 44.2 Å². The third-order valence-electron chi connectivity index (χ3n) is 3.79. The molecule has 0 radical (unpaired) electrons. The number of aliphatic hydroxyl groups excluding tert-OH is 1. The van der Waals surface area contributed by atoms with Crippen LogP contribution in [0.15, 0.2) is 29.2 Å². The third kappa shape index (κ3) is 6.81. The van der Waals surface area contributed by atoms with Crippen molar-refractivity contribution in [3.63, 3.8) is 0 Å². The molecule has 7 nitrogen and oxygen atoms in total. The van der Waals surface area contributed by atoms with Gasteiger partial charge in [0.25, 0.3) is 0 Å². The summed E-state index contributed by atoms with van der Waals surface area (Å²) in [6.07, 6.45) is -1.14. The topological polar surface area (TPSA) is 102 Å². The molecule has 0 fully saturated rings. The van der Waals surface area contributed by atoms with Crippen LogP contribution >= 0.6 is 7.60 Å². The van der Waals surface area contributed by atoms with E-state index in [0.29, 0.717) is 6.42 Å². The number of sulfonamides is 1. The van der Waals surface area contributed by atoms with E-state index in [-0.39, 0.29) is 17.0 Å². The molecule has 0 saturated heterocycles. The summed E-state index contributed by atoms with van der Waals surface area (Å²) in [6.45, 7) is 5.68. The Morgan fingerprint density at radius 2 is 1.68 bits per heavy atom. The Balaban J connectivity index is 3.02. The summed E-state index contributed by atoms with van der Waals surface area (Å²) >= 11 is 0. The SMILES string of the molecule is COP(=O)(C[C@H](O)[C@H](CC(C)C)NS(=O)(=O)c1ccc(C)cc1)OC. The van der Waals surface area contributed by atoms with Gasteiger partial charge in [-0.2, -0.15) is 0 Å². The fourth-order valence-electron chi connectivity index (χ4n) is 2.36. The second-order valence-corrected chi connectivity index (χ2v) is 10.4. The van der Waals surface area contributed by atoms with Gasteiger partial charge in [0.1, 0.15) is 0 Å². The second-order valence-electron chi connectivity index (χ2n) is 6.40. The average Bonchev–Trinajstić information content (AvgIpc) is 2.53. The maximum atomic E-state index is 12.6. The van der Waals surface area contributed by atoms with Crippen LogP contribution in [-0.2, 0) is 23.6 Å². The van der Waals surface area contributed by atoms with Crippen molar-refractivity contribution in [3.8, 4) is 0 Å². The molecule has 1 aromatic carbocycles. The van der Waals surface area contributed by atoms with Crippen LogP contribution in [0.25, 0.3) is 0 Å². The lowest BCUT2D eigenvalue weighted by molar-refractivity contribution is 0.137. The summed E-state index contributed by atoms with van der Waals surface area (Å²) in [7, 11) is -4.83. The minimum absolute atomic E-state index is 0.112. The fourth-order valence-corrected chi connectivity index (χ4v) is 4.80. The molecule has 1 rings (SSSR count). The summed E-state index contributed by atoms with van der Waals surface area (Å²) in [5.41, 5.74) is 0.943. The van der Waals surface area contributed by atoms with E-state index in [1.807, 2.05) is 20.8 Å².